The molecule has 1 atom stereocenters. The van der Waals surface area contributed by atoms with Crippen LogP contribution < -0.4 is 0 Å². The predicted molar refractivity (Wildman–Crippen MR) is 124 cm³/mol. The van der Waals surface area contributed by atoms with Gasteiger partial charge in [0.05, 0.1) is 12.8 Å². The monoisotopic (exact) mass is 403 g/mol. The standard InChI is InChI=1S/C25H45N3O/c1-7-22(4)15-16-24(6)13-8-12-23(5)14-9-17-28-19-25(26-27-28)20-29-18-10-11-21(2)3/h12,16,19,21-22H,7-11,13-15,17-18,20H2,1-6H3/b23-12+,24-16+. The second kappa shape index (κ2) is 15.4. The normalized spacial score (nSPS) is 14.0. The maximum absolute atomic E-state index is 5.70. The molecule has 4 heteroatoms. The Labute approximate surface area is 179 Å². The molecule has 4 nitrogen and oxygen atoms in total. The summed E-state index contributed by atoms with van der Waals surface area (Å²) in [4.78, 5) is 0. The first-order valence-corrected chi connectivity index (χ1v) is 11.7. The number of rotatable bonds is 16. The Morgan fingerprint density at radius 1 is 1.10 bits per heavy atom. The highest BCUT2D eigenvalue weighted by atomic mass is 16.5. The minimum atomic E-state index is 0.570. The molecule has 0 saturated heterocycles. The van der Waals surface area contributed by atoms with Crippen LogP contribution in [0, 0.1) is 11.8 Å². The van der Waals surface area contributed by atoms with Crippen LogP contribution in [0.1, 0.15) is 98.6 Å². The van der Waals surface area contributed by atoms with Gasteiger partial charge >= 0.3 is 0 Å². The highest BCUT2D eigenvalue weighted by Gasteiger charge is 2.02. The number of nitrogens with zero attached hydrogens (tertiary/aromatic N) is 3. The third-order valence-corrected chi connectivity index (χ3v) is 5.46. The summed E-state index contributed by atoms with van der Waals surface area (Å²) < 4.78 is 7.64. The Balaban J connectivity index is 2.18. The summed E-state index contributed by atoms with van der Waals surface area (Å²) in [6.45, 7) is 15.9. The number of hydrogen-bond acceptors (Lipinski definition) is 3. The molecular formula is C25H45N3O. The molecule has 1 heterocycles. The van der Waals surface area contributed by atoms with E-state index >= 15 is 0 Å². The van der Waals surface area contributed by atoms with E-state index in [0.717, 1.165) is 56.4 Å². The van der Waals surface area contributed by atoms with Gasteiger partial charge < -0.3 is 4.74 Å². The number of aromatic nitrogens is 3. The van der Waals surface area contributed by atoms with Crippen molar-refractivity contribution in [1.82, 2.24) is 15.0 Å². The average molecular weight is 404 g/mol. The van der Waals surface area contributed by atoms with E-state index in [1.807, 2.05) is 10.9 Å². The van der Waals surface area contributed by atoms with Crippen molar-refractivity contribution in [3.63, 3.8) is 0 Å². The van der Waals surface area contributed by atoms with E-state index in [9.17, 15) is 0 Å². The Kier molecular flexibility index (Phi) is 13.6. The van der Waals surface area contributed by atoms with Crippen molar-refractivity contribution < 1.29 is 4.74 Å². The van der Waals surface area contributed by atoms with Crippen molar-refractivity contribution in [2.24, 2.45) is 11.8 Å². The van der Waals surface area contributed by atoms with Gasteiger partial charge in [-0.15, -0.1) is 5.10 Å². The molecule has 0 bridgehead atoms. The van der Waals surface area contributed by atoms with Gasteiger partial charge in [-0.25, -0.2) is 0 Å². The molecule has 0 fully saturated rings. The van der Waals surface area contributed by atoms with E-state index < -0.39 is 0 Å². The SMILES string of the molecule is CCC(C)C/C=C(\C)CC/C=C(\C)CCCn1cc(COCCCC(C)C)nn1. The molecule has 166 valence electrons. The number of allylic oxidation sites excluding steroid dienone is 4. The van der Waals surface area contributed by atoms with Crippen LogP contribution in [0.4, 0.5) is 0 Å². The lowest BCUT2D eigenvalue weighted by Crippen LogP contribution is -1.99. The lowest BCUT2D eigenvalue weighted by atomic mass is 10.0. The summed E-state index contributed by atoms with van der Waals surface area (Å²) in [7, 11) is 0. The second-order valence-electron chi connectivity index (χ2n) is 9.05. The van der Waals surface area contributed by atoms with E-state index in [4.69, 9.17) is 4.74 Å². The van der Waals surface area contributed by atoms with E-state index in [1.54, 1.807) is 0 Å². The lowest BCUT2D eigenvalue weighted by Gasteiger charge is -2.06. The van der Waals surface area contributed by atoms with Gasteiger partial charge in [-0.3, -0.25) is 4.68 Å². The highest BCUT2D eigenvalue weighted by molar-refractivity contribution is 5.04. The zero-order chi connectivity index (χ0) is 21.5. The molecule has 1 aromatic rings. The van der Waals surface area contributed by atoms with E-state index in [1.165, 1.54) is 36.8 Å². The van der Waals surface area contributed by atoms with Crippen molar-refractivity contribution in [2.75, 3.05) is 6.61 Å². The molecule has 1 rings (SSSR count). The Hall–Kier alpha value is -1.42. The maximum atomic E-state index is 5.70. The van der Waals surface area contributed by atoms with Crippen LogP contribution in [0.2, 0.25) is 0 Å². The Bertz CT molecular complexity index is 601. The molecule has 0 aliphatic rings. The molecule has 1 aromatic heterocycles. The van der Waals surface area contributed by atoms with Crippen molar-refractivity contribution in [2.45, 2.75) is 106 Å². The summed E-state index contributed by atoms with van der Waals surface area (Å²) in [6, 6.07) is 0. The van der Waals surface area contributed by atoms with Gasteiger partial charge in [-0.1, -0.05) is 62.6 Å². The first-order valence-electron chi connectivity index (χ1n) is 11.7. The van der Waals surface area contributed by atoms with Crippen LogP contribution in [0.5, 0.6) is 0 Å². The number of aryl methyl sites for hydroxylation is 1. The predicted octanol–water partition coefficient (Wildman–Crippen LogP) is 7.12. The summed E-state index contributed by atoms with van der Waals surface area (Å²) in [5.41, 5.74) is 3.94. The van der Waals surface area contributed by atoms with Crippen LogP contribution in [0.3, 0.4) is 0 Å². The Morgan fingerprint density at radius 3 is 2.59 bits per heavy atom. The van der Waals surface area contributed by atoms with Crippen LogP contribution in [0.15, 0.2) is 29.5 Å². The highest BCUT2D eigenvalue weighted by Crippen LogP contribution is 2.14. The first kappa shape index (κ1) is 25.6. The molecule has 1 unspecified atom stereocenters. The quantitative estimate of drug-likeness (QED) is 0.218. The van der Waals surface area contributed by atoms with Crippen molar-refractivity contribution in [1.29, 1.82) is 0 Å². The van der Waals surface area contributed by atoms with Crippen molar-refractivity contribution in [3.8, 4) is 0 Å². The van der Waals surface area contributed by atoms with Gasteiger partial charge in [0, 0.05) is 13.2 Å². The van der Waals surface area contributed by atoms with Gasteiger partial charge in [0.2, 0.25) is 0 Å². The third-order valence-electron chi connectivity index (χ3n) is 5.46. The topological polar surface area (TPSA) is 39.9 Å². The van der Waals surface area contributed by atoms with E-state index in [0.29, 0.717) is 6.61 Å². The largest absolute Gasteiger partial charge is 0.375 e. The fraction of sp³-hybridized carbons (Fsp3) is 0.760. The van der Waals surface area contributed by atoms with Crippen molar-refractivity contribution in [3.05, 3.63) is 35.2 Å². The summed E-state index contributed by atoms with van der Waals surface area (Å²) >= 11 is 0. The number of hydrogen-bond donors (Lipinski definition) is 0. The lowest BCUT2D eigenvalue weighted by molar-refractivity contribution is 0.112. The number of ether oxygens (including phenoxy) is 1. The third kappa shape index (κ3) is 13.4. The van der Waals surface area contributed by atoms with Crippen LogP contribution in [0.25, 0.3) is 0 Å². The molecule has 29 heavy (non-hydrogen) atoms. The van der Waals surface area contributed by atoms with Crippen LogP contribution >= 0.6 is 0 Å². The zero-order valence-electron chi connectivity index (χ0n) is 19.9. The molecule has 0 amide bonds. The van der Waals surface area contributed by atoms with Gasteiger partial charge in [0.1, 0.15) is 5.69 Å². The molecule has 0 aliphatic heterocycles. The molecule has 0 saturated carbocycles. The maximum Gasteiger partial charge on any atom is 0.108 e. The van der Waals surface area contributed by atoms with Crippen molar-refractivity contribution >= 4 is 0 Å². The van der Waals surface area contributed by atoms with Gasteiger partial charge in [0.15, 0.2) is 0 Å². The summed E-state index contributed by atoms with van der Waals surface area (Å²) in [6.07, 6.45) is 16.2. The second-order valence-corrected chi connectivity index (χ2v) is 9.05. The van der Waals surface area contributed by atoms with E-state index in [-0.39, 0.29) is 0 Å². The first-order chi connectivity index (χ1) is 13.9. The van der Waals surface area contributed by atoms with E-state index in [2.05, 4.69) is 64.0 Å². The fourth-order valence-corrected chi connectivity index (χ4v) is 3.12. The zero-order valence-corrected chi connectivity index (χ0v) is 19.9. The van der Waals surface area contributed by atoms with Gasteiger partial charge in [-0.2, -0.15) is 0 Å². The minimum absolute atomic E-state index is 0.570. The van der Waals surface area contributed by atoms with Crippen LogP contribution in [-0.2, 0) is 17.9 Å². The van der Waals surface area contributed by atoms with Crippen LogP contribution in [-0.4, -0.2) is 21.6 Å². The molecule has 0 radical (unpaired) electrons. The average Bonchev–Trinajstić information content (AvgIpc) is 3.13. The Morgan fingerprint density at radius 2 is 1.86 bits per heavy atom. The minimum Gasteiger partial charge on any atom is -0.375 e. The van der Waals surface area contributed by atoms with Gasteiger partial charge in [-0.05, 0) is 70.6 Å². The molecule has 0 aliphatic carbocycles. The summed E-state index contributed by atoms with van der Waals surface area (Å²) in [5.74, 6) is 1.54. The molecule has 0 aromatic carbocycles. The molecular weight excluding hydrogens is 358 g/mol. The van der Waals surface area contributed by atoms with Gasteiger partial charge in [0.25, 0.3) is 0 Å². The smallest absolute Gasteiger partial charge is 0.108 e. The molecule has 0 spiro atoms. The fourth-order valence-electron chi connectivity index (χ4n) is 3.12. The summed E-state index contributed by atoms with van der Waals surface area (Å²) in [5, 5.41) is 8.45. The molecule has 0 N–H and O–H groups in total.